The van der Waals surface area contributed by atoms with Crippen LogP contribution < -0.4 is 10.1 Å². The molecular weight excluding hydrogens is 302 g/mol. The first kappa shape index (κ1) is 16.8. The van der Waals surface area contributed by atoms with Gasteiger partial charge in [-0.15, -0.1) is 0 Å². The van der Waals surface area contributed by atoms with Crippen molar-refractivity contribution in [2.24, 2.45) is 0 Å². The van der Waals surface area contributed by atoms with Gasteiger partial charge >= 0.3 is 11.9 Å². The number of rotatable bonds is 8. The average Bonchev–Trinajstić information content (AvgIpc) is 2.40. The summed E-state index contributed by atoms with van der Waals surface area (Å²) in [6, 6.07) is 5.12. The van der Waals surface area contributed by atoms with Gasteiger partial charge in [0.2, 0.25) is 0 Å². The molecule has 0 radical (unpaired) electrons. The maximum absolute atomic E-state index is 11.6. The monoisotopic (exact) mass is 315 g/mol. The number of ether oxygens (including phenoxy) is 1. The van der Waals surface area contributed by atoms with E-state index in [0.29, 0.717) is 10.8 Å². The molecule has 3 N–H and O–H groups in total. The number of halogens is 1. The number of nitrogens with one attached hydrogen (secondary N) is 1. The maximum atomic E-state index is 11.6. The number of carboxylic acid groups (broad SMARTS) is 2. The Morgan fingerprint density at radius 2 is 2.00 bits per heavy atom. The lowest BCUT2D eigenvalue weighted by atomic mass is 10.1. The molecule has 1 rings (SSSR count). The van der Waals surface area contributed by atoms with E-state index in [0.717, 1.165) is 0 Å². The molecule has 21 heavy (non-hydrogen) atoms. The largest absolute Gasteiger partial charge is 0.484 e. The van der Waals surface area contributed by atoms with E-state index in [1.807, 2.05) is 0 Å². The van der Waals surface area contributed by atoms with Gasteiger partial charge in [0.05, 0.1) is 0 Å². The first-order chi connectivity index (χ1) is 9.88. The summed E-state index contributed by atoms with van der Waals surface area (Å²) in [5, 5.41) is 20.0. The van der Waals surface area contributed by atoms with Crippen LogP contribution in [0.1, 0.15) is 12.8 Å². The van der Waals surface area contributed by atoms with Gasteiger partial charge in [-0.2, -0.15) is 0 Å². The molecular formula is C13H14ClNO6. The summed E-state index contributed by atoms with van der Waals surface area (Å²) < 4.78 is 5.15. The molecule has 0 bridgehead atoms. The van der Waals surface area contributed by atoms with Crippen molar-refractivity contribution in [3.8, 4) is 5.75 Å². The molecule has 0 aliphatic carbocycles. The Bertz CT molecular complexity index is 533. The second-order valence-electron chi connectivity index (χ2n) is 4.14. The summed E-state index contributed by atoms with van der Waals surface area (Å²) in [5.74, 6) is -2.72. The highest BCUT2D eigenvalue weighted by Gasteiger charge is 2.21. The molecule has 1 amide bonds. The molecule has 1 unspecified atom stereocenters. The second kappa shape index (κ2) is 8.11. The number of aliphatic carboxylic acids is 2. The first-order valence-electron chi connectivity index (χ1n) is 6.01. The molecule has 0 aliphatic heterocycles. The Morgan fingerprint density at radius 3 is 2.57 bits per heavy atom. The molecule has 0 spiro atoms. The SMILES string of the molecule is O=C(O)CCC(NC(=O)COc1cccc(Cl)c1)C(=O)O. The number of benzene rings is 1. The Hall–Kier alpha value is -2.28. The topological polar surface area (TPSA) is 113 Å². The van der Waals surface area contributed by atoms with Crippen molar-refractivity contribution in [2.75, 3.05) is 6.61 Å². The molecule has 0 saturated carbocycles. The zero-order valence-corrected chi connectivity index (χ0v) is 11.7. The number of carboxylic acids is 2. The van der Waals surface area contributed by atoms with E-state index in [2.05, 4.69) is 5.32 Å². The van der Waals surface area contributed by atoms with Gasteiger partial charge in [0.15, 0.2) is 6.61 Å². The average molecular weight is 316 g/mol. The van der Waals surface area contributed by atoms with Crippen molar-refractivity contribution in [2.45, 2.75) is 18.9 Å². The molecule has 1 aromatic rings. The van der Waals surface area contributed by atoms with Crippen LogP contribution in [0.3, 0.4) is 0 Å². The van der Waals surface area contributed by atoms with Crippen LogP contribution in [-0.2, 0) is 14.4 Å². The van der Waals surface area contributed by atoms with Crippen LogP contribution in [-0.4, -0.2) is 40.7 Å². The number of carbonyl (C=O) groups is 3. The van der Waals surface area contributed by atoms with Crippen LogP contribution in [0.4, 0.5) is 0 Å². The first-order valence-corrected chi connectivity index (χ1v) is 6.38. The third-order valence-corrected chi connectivity index (χ3v) is 2.68. The Balaban J connectivity index is 2.46. The van der Waals surface area contributed by atoms with Crippen LogP contribution in [0, 0.1) is 0 Å². The van der Waals surface area contributed by atoms with Crippen molar-refractivity contribution in [3.63, 3.8) is 0 Å². The predicted molar refractivity (Wildman–Crippen MR) is 73.4 cm³/mol. The Morgan fingerprint density at radius 1 is 1.29 bits per heavy atom. The minimum absolute atomic E-state index is 0.201. The molecule has 1 aromatic carbocycles. The summed E-state index contributed by atoms with van der Waals surface area (Å²) in [4.78, 5) is 32.9. The normalized spacial score (nSPS) is 11.5. The summed E-state index contributed by atoms with van der Waals surface area (Å²) >= 11 is 5.74. The fourth-order valence-corrected chi connectivity index (χ4v) is 1.65. The molecule has 7 nitrogen and oxygen atoms in total. The summed E-state index contributed by atoms with van der Waals surface area (Å²) in [7, 11) is 0. The molecule has 0 fully saturated rings. The third-order valence-electron chi connectivity index (χ3n) is 2.45. The minimum Gasteiger partial charge on any atom is -0.484 e. The fraction of sp³-hybridized carbons (Fsp3) is 0.308. The lowest BCUT2D eigenvalue weighted by Gasteiger charge is -2.14. The zero-order valence-electron chi connectivity index (χ0n) is 10.9. The van der Waals surface area contributed by atoms with Crippen molar-refractivity contribution >= 4 is 29.4 Å². The van der Waals surface area contributed by atoms with Crippen LogP contribution in [0.2, 0.25) is 5.02 Å². The molecule has 8 heteroatoms. The lowest BCUT2D eigenvalue weighted by Crippen LogP contribution is -2.43. The number of hydrogen-bond donors (Lipinski definition) is 3. The standard InChI is InChI=1S/C13H14ClNO6/c14-8-2-1-3-9(6-8)21-7-11(16)15-10(13(19)20)4-5-12(17)18/h1-3,6,10H,4-5,7H2,(H,15,16)(H,17,18)(H,19,20). The number of hydrogen-bond acceptors (Lipinski definition) is 4. The molecule has 0 heterocycles. The van der Waals surface area contributed by atoms with Crippen molar-refractivity contribution in [1.82, 2.24) is 5.32 Å². The van der Waals surface area contributed by atoms with Crippen molar-refractivity contribution in [1.29, 1.82) is 0 Å². The van der Waals surface area contributed by atoms with E-state index < -0.39 is 30.5 Å². The molecule has 0 aliphatic rings. The van der Waals surface area contributed by atoms with Crippen molar-refractivity contribution < 1.29 is 29.3 Å². The van der Waals surface area contributed by atoms with Gasteiger partial charge in [0.1, 0.15) is 11.8 Å². The van der Waals surface area contributed by atoms with Crippen molar-refractivity contribution in [3.05, 3.63) is 29.3 Å². The predicted octanol–water partition coefficient (Wildman–Crippen LogP) is 1.15. The second-order valence-corrected chi connectivity index (χ2v) is 4.57. The molecule has 0 aromatic heterocycles. The summed E-state index contributed by atoms with van der Waals surface area (Å²) in [5.41, 5.74) is 0. The van der Waals surface area contributed by atoms with Crippen LogP contribution in [0.5, 0.6) is 5.75 Å². The van der Waals surface area contributed by atoms with E-state index in [9.17, 15) is 14.4 Å². The maximum Gasteiger partial charge on any atom is 0.326 e. The quantitative estimate of drug-likeness (QED) is 0.663. The van der Waals surface area contributed by atoms with Gasteiger partial charge in [-0.3, -0.25) is 9.59 Å². The highest BCUT2D eigenvalue weighted by Crippen LogP contribution is 2.16. The van der Waals surface area contributed by atoms with Crippen LogP contribution in [0.15, 0.2) is 24.3 Å². The number of amides is 1. The fourth-order valence-electron chi connectivity index (χ4n) is 1.47. The minimum atomic E-state index is -1.30. The van der Waals surface area contributed by atoms with Gasteiger partial charge in [-0.1, -0.05) is 17.7 Å². The van der Waals surface area contributed by atoms with Gasteiger partial charge in [0, 0.05) is 11.4 Å². The van der Waals surface area contributed by atoms with E-state index in [1.165, 1.54) is 6.07 Å². The van der Waals surface area contributed by atoms with Gasteiger partial charge in [0.25, 0.3) is 5.91 Å². The van der Waals surface area contributed by atoms with E-state index in [-0.39, 0.29) is 12.8 Å². The smallest absolute Gasteiger partial charge is 0.326 e. The summed E-state index contributed by atoms with van der Waals surface area (Å²) in [6.45, 7) is -0.392. The highest BCUT2D eigenvalue weighted by molar-refractivity contribution is 6.30. The van der Waals surface area contributed by atoms with Crippen LogP contribution >= 0.6 is 11.6 Å². The lowest BCUT2D eigenvalue weighted by molar-refractivity contribution is -0.143. The summed E-state index contributed by atoms with van der Waals surface area (Å²) in [6.07, 6.45) is -0.556. The van der Waals surface area contributed by atoms with E-state index in [1.54, 1.807) is 18.2 Å². The van der Waals surface area contributed by atoms with E-state index in [4.69, 9.17) is 26.6 Å². The Kier molecular flexibility index (Phi) is 6.48. The number of carbonyl (C=O) groups excluding carboxylic acids is 1. The molecule has 0 saturated heterocycles. The van der Waals surface area contributed by atoms with E-state index >= 15 is 0 Å². The van der Waals surface area contributed by atoms with Gasteiger partial charge in [-0.05, 0) is 24.6 Å². The highest BCUT2D eigenvalue weighted by atomic mass is 35.5. The Labute approximate surface area is 125 Å². The molecule has 1 atom stereocenters. The van der Waals surface area contributed by atoms with Gasteiger partial charge < -0.3 is 20.3 Å². The van der Waals surface area contributed by atoms with Gasteiger partial charge in [-0.25, -0.2) is 4.79 Å². The third kappa shape index (κ3) is 6.62. The molecule has 114 valence electrons. The zero-order chi connectivity index (χ0) is 15.8. The van der Waals surface area contributed by atoms with Crippen LogP contribution in [0.25, 0.3) is 0 Å².